The smallest absolute Gasteiger partial charge is 0.327 e. The summed E-state index contributed by atoms with van der Waals surface area (Å²) in [5.41, 5.74) is 0. The second-order valence-corrected chi connectivity index (χ2v) is 2.12. The number of carbonyl (C=O) groups is 1. The SMILES string of the molecule is C=CC(=O)O.CC(S)C#N. The zero-order chi connectivity index (χ0) is 8.57. The van der Waals surface area contributed by atoms with Crippen LogP contribution in [0, 0.1) is 11.3 Å². The van der Waals surface area contributed by atoms with Crippen LogP contribution in [0.2, 0.25) is 0 Å². The fourth-order valence-electron chi connectivity index (χ4n) is 0. The summed E-state index contributed by atoms with van der Waals surface area (Å²) in [5.74, 6) is -0.981. The van der Waals surface area contributed by atoms with Crippen LogP contribution in [0.4, 0.5) is 0 Å². The van der Waals surface area contributed by atoms with E-state index in [2.05, 4.69) is 19.2 Å². The number of hydrogen-bond donors (Lipinski definition) is 2. The van der Waals surface area contributed by atoms with Gasteiger partial charge in [-0.05, 0) is 6.92 Å². The van der Waals surface area contributed by atoms with Crippen molar-refractivity contribution in [2.75, 3.05) is 0 Å². The lowest BCUT2D eigenvalue weighted by Gasteiger charge is -1.75. The summed E-state index contributed by atoms with van der Waals surface area (Å²) in [4.78, 5) is 9.25. The van der Waals surface area contributed by atoms with Gasteiger partial charge in [-0.25, -0.2) is 4.79 Å². The van der Waals surface area contributed by atoms with E-state index < -0.39 is 5.97 Å². The highest BCUT2D eigenvalue weighted by Gasteiger charge is 1.79. The fourth-order valence-corrected chi connectivity index (χ4v) is 0. The highest BCUT2D eigenvalue weighted by Crippen LogP contribution is 1.84. The van der Waals surface area contributed by atoms with Crippen LogP contribution >= 0.6 is 12.6 Å². The van der Waals surface area contributed by atoms with Crippen molar-refractivity contribution in [2.45, 2.75) is 12.2 Å². The number of rotatable bonds is 1. The molecule has 0 aliphatic carbocycles. The van der Waals surface area contributed by atoms with Crippen molar-refractivity contribution < 1.29 is 9.90 Å². The average molecular weight is 159 g/mol. The Bertz CT molecular complexity index is 148. The summed E-state index contributed by atoms with van der Waals surface area (Å²) in [7, 11) is 0. The zero-order valence-electron chi connectivity index (χ0n) is 5.61. The Kier molecular flexibility index (Phi) is 9.50. The third-order valence-electron chi connectivity index (χ3n) is 0.361. The van der Waals surface area contributed by atoms with Crippen LogP contribution in [0.25, 0.3) is 0 Å². The van der Waals surface area contributed by atoms with Gasteiger partial charge in [-0.2, -0.15) is 17.9 Å². The maximum atomic E-state index is 9.25. The first kappa shape index (κ1) is 11.8. The standard InChI is InChI=1S/C3H5NS.C3H4O2/c1-3(5)2-4;1-2-3(4)5/h3,5H,1H3;2H,1H2,(H,4,5). The number of carboxylic acid groups (broad SMARTS) is 1. The van der Waals surface area contributed by atoms with Gasteiger partial charge in [0.25, 0.3) is 0 Å². The van der Waals surface area contributed by atoms with E-state index in [0.717, 1.165) is 6.08 Å². The molecule has 3 nitrogen and oxygen atoms in total. The van der Waals surface area contributed by atoms with Gasteiger partial charge in [0.15, 0.2) is 0 Å². The normalized spacial score (nSPS) is 9.70. The third-order valence-corrected chi connectivity index (χ3v) is 0.477. The van der Waals surface area contributed by atoms with Crippen molar-refractivity contribution in [1.29, 1.82) is 5.26 Å². The Labute approximate surface area is 65.4 Å². The topological polar surface area (TPSA) is 61.1 Å². The lowest BCUT2D eigenvalue weighted by Crippen LogP contribution is -1.82. The number of aliphatic carboxylic acids is 1. The van der Waals surface area contributed by atoms with Gasteiger partial charge in [0.1, 0.15) is 0 Å². The molecule has 0 saturated carbocycles. The molecule has 0 spiro atoms. The molecule has 1 N–H and O–H groups in total. The van der Waals surface area contributed by atoms with Crippen LogP contribution in [0.15, 0.2) is 12.7 Å². The van der Waals surface area contributed by atoms with E-state index in [0.29, 0.717) is 0 Å². The van der Waals surface area contributed by atoms with Crippen LogP contribution in [0.5, 0.6) is 0 Å². The minimum Gasteiger partial charge on any atom is -0.478 e. The first-order chi connectivity index (χ1) is 4.54. The number of nitriles is 1. The van der Waals surface area contributed by atoms with E-state index in [1.807, 2.05) is 6.07 Å². The molecule has 4 heteroatoms. The Morgan fingerprint density at radius 2 is 2.20 bits per heavy atom. The highest BCUT2D eigenvalue weighted by molar-refractivity contribution is 7.81. The number of thiol groups is 1. The molecule has 0 aliphatic rings. The van der Waals surface area contributed by atoms with Gasteiger partial charge in [0.05, 0.1) is 11.3 Å². The minimum absolute atomic E-state index is 0.116. The molecular weight excluding hydrogens is 150 g/mol. The number of hydrogen-bond acceptors (Lipinski definition) is 3. The van der Waals surface area contributed by atoms with Gasteiger partial charge in [-0.3, -0.25) is 0 Å². The van der Waals surface area contributed by atoms with Gasteiger partial charge >= 0.3 is 5.97 Å². The quantitative estimate of drug-likeness (QED) is 0.444. The number of nitrogens with zero attached hydrogens (tertiary/aromatic N) is 1. The monoisotopic (exact) mass is 159 g/mol. The van der Waals surface area contributed by atoms with Gasteiger partial charge in [0, 0.05) is 6.08 Å². The fraction of sp³-hybridized carbons (Fsp3) is 0.333. The molecule has 0 heterocycles. The molecule has 0 aliphatic heterocycles. The molecule has 0 bridgehead atoms. The molecule has 0 amide bonds. The van der Waals surface area contributed by atoms with Crippen molar-refractivity contribution in [2.24, 2.45) is 0 Å². The van der Waals surface area contributed by atoms with E-state index >= 15 is 0 Å². The van der Waals surface area contributed by atoms with Crippen molar-refractivity contribution >= 4 is 18.6 Å². The van der Waals surface area contributed by atoms with Crippen molar-refractivity contribution in [3.8, 4) is 6.07 Å². The predicted molar refractivity (Wildman–Crippen MR) is 41.9 cm³/mol. The largest absolute Gasteiger partial charge is 0.478 e. The van der Waals surface area contributed by atoms with Gasteiger partial charge < -0.3 is 5.11 Å². The molecule has 10 heavy (non-hydrogen) atoms. The molecule has 0 fully saturated rings. The maximum Gasteiger partial charge on any atom is 0.327 e. The van der Waals surface area contributed by atoms with E-state index in [1.165, 1.54) is 0 Å². The average Bonchev–Trinajstić information content (AvgIpc) is 1.89. The predicted octanol–water partition coefficient (Wildman–Crippen LogP) is 1.09. The lowest BCUT2D eigenvalue weighted by atomic mass is 10.5. The van der Waals surface area contributed by atoms with Crippen LogP contribution in [0.1, 0.15) is 6.92 Å². The Balaban J connectivity index is 0. The third kappa shape index (κ3) is 27.7. The first-order valence-corrected chi connectivity index (χ1v) is 2.99. The van der Waals surface area contributed by atoms with E-state index in [-0.39, 0.29) is 5.25 Å². The molecule has 1 unspecified atom stereocenters. The lowest BCUT2D eigenvalue weighted by molar-refractivity contribution is -0.131. The second kappa shape index (κ2) is 8.05. The summed E-state index contributed by atoms with van der Waals surface area (Å²) >= 11 is 3.74. The van der Waals surface area contributed by atoms with Crippen LogP contribution in [-0.2, 0) is 4.79 Å². The molecule has 1 atom stereocenters. The van der Waals surface area contributed by atoms with Crippen LogP contribution < -0.4 is 0 Å². The summed E-state index contributed by atoms with van der Waals surface area (Å²) in [6.07, 6.45) is 0.833. The van der Waals surface area contributed by atoms with Gasteiger partial charge in [-0.15, -0.1) is 0 Å². The Morgan fingerprint density at radius 3 is 2.20 bits per heavy atom. The van der Waals surface area contributed by atoms with Crippen molar-refractivity contribution in [3.05, 3.63) is 12.7 Å². The van der Waals surface area contributed by atoms with E-state index in [1.54, 1.807) is 6.92 Å². The molecule has 56 valence electrons. The van der Waals surface area contributed by atoms with Gasteiger partial charge in [0.2, 0.25) is 0 Å². The molecule has 0 rings (SSSR count). The zero-order valence-corrected chi connectivity index (χ0v) is 6.51. The molecule has 0 saturated heterocycles. The molecule has 0 aromatic carbocycles. The summed E-state index contributed by atoms with van der Waals surface area (Å²) in [5, 5.41) is 15.3. The van der Waals surface area contributed by atoms with Crippen molar-refractivity contribution in [1.82, 2.24) is 0 Å². The van der Waals surface area contributed by atoms with E-state index in [4.69, 9.17) is 10.4 Å². The Hall–Kier alpha value is -0.950. The van der Waals surface area contributed by atoms with Crippen molar-refractivity contribution in [3.63, 3.8) is 0 Å². The molecule has 0 aromatic rings. The summed E-state index contributed by atoms with van der Waals surface area (Å²) < 4.78 is 0. The molecule has 0 aromatic heterocycles. The maximum absolute atomic E-state index is 9.25. The number of carboxylic acids is 1. The highest BCUT2D eigenvalue weighted by atomic mass is 32.1. The minimum atomic E-state index is -0.981. The first-order valence-electron chi connectivity index (χ1n) is 2.47. The van der Waals surface area contributed by atoms with Gasteiger partial charge in [-0.1, -0.05) is 6.58 Å². The molecular formula is C6H9NO2S. The van der Waals surface area contributed by atoms with Crippen LogP contribution in [-0.4, -0.2) is 16.3 Å². The second-order valence-electron chi connectivity index (χ2n) is 1.35. The van der Waals surface area contributed by atoms with Crippen LogP contribution in [0.3, 0.4) is 0 Å². The summed E-state index contributed by atoms with van der Waals surface area (Å²) in [6.45, 7) is 4.69. The van der Waals surface area contributed by atoms with E-state index in [9.17, 15) is 4.79 Å². The molecule has 0 radical (unpaired) electrons. The Morgan fingerprint density at radius 1 is 2.00 bits per heavy atom. The summed E-state index contributed by atoms with van der Waals surface area (Å²) in [6, 6.07) is 1.89.